The molecule has 0 amide bonds. The molecule has 2 aromatic heterocycles. The lowest BCUT2D eigenvalue weighted by molar-refractivity contribution is 0.0201. The van der Waals surface area contributed by atoms with Crippen LogP contribution >= 0.6 is 11.3 Å². The van der Waals surface area contributed by atoms with Gasteiger partial charge in [0.1, 0.15) is 17.0 Å². The molecule has 2 aliphatic heterocycles. The molecule has 6 heteroatoms. The predicted molar refractivity (Wildman–Crippen MR) is 111 cm³/mol. The molecule has 0 radical (unpaired) electrons. The van der Waals surface area contributed by atoms with E-state index in [2.05, 4.69) is 34.4 Å². The first-order chi connectivity index (χ1) is 13.2. The molecule has 2 aromatic rings. The van der Waals surface area contributed by atoms with Crippen LogP contribution in [0.5, 0.6) is 0 Å². The van der Waals surface area contributed by atoms with Crippen LogP contribution in [0.25, 0.3) is 10.2 Å². The van der Waals surface area contributed by atoms with Gasteiger partial charge < -0.3 is 15.0 Å². The van der Waals surface area contributed by atoms with E-state index in [9.17, 15) is 0 Å². The molecule has 27 heavy (non-hydrogen) atoms. The molecule has 3 fully saturated rings. The Labute approximate surface area is 165 Å². The Bertz CT molecular complexity index is 801. The van der Waals surface area contributed by atoms with Crippen molar-refractivity contribution >= 4 is 27.4 Å². The van der Waals surface area contributed by atoms with Crippen LogP contribution in [0.3, 0.4) is 0 Å². The van der Waals surface area contributed by atoms with Crippen molar-refractivity contribution in [3.05, 3.63) is 17.3 Å². The molecule has 2 saturated heterocycles. The van der Waals surface area contributed by atoms with Gasteiger partial charge in [0.25, 0.3) is 0 Å². The van der Waals surface area contributed by atoms with E-state index in [0.717, 1.165) is 36.6 Å². The molecule has 1 aliphatic carbocycles. The molecule has 2 bridgehead atoms. The average Bonchev–Trinajstić information content (AvgIpc) is 3.44. The van der Waals surface area contributed by atoms with Gasteiger partial charge >= 0.3 is 0 Å². The zero-order chi connectivity index (χ0) is 18.4. The highest BCUT2D eigenvalue weighted by Gasteiger charge is 2.46. The Kier molecular flexibility index (Phi) is 4.82. The summed E-state index contributed by atoms with van der Waals surface area (Å²) in [7, 11) is 0. The number of nitrogens with zero attached hydrogens (tertiary/aromatic N) is 3. The Morgan fingerprint density at radius 3 is 3.00 bits per heavy atom. The second kappa shape index (κ2) is 7.30. The number of piperidine rings is 1. The molecule has 4 heterocycles. The Morgan fingerprint density at radius 2 is 2.26 bits per heavy atom. The van der Waals surface area contributed by atoms with E-state index in [0.29, 0.717) is 30.0 Å². The van der Waals surface area contributed by atoms with Gasteiger partial charge in [-0.15, -0.1) is 11.3 Å². The van der Waals surface area contributed by atoms with Gasteiger partial charge in [0.15, 0.2) is 0 Å². The molecule has 146 valence electrons. The van der Waals surface area contributed by atoms with Gasteiger partial charge in [-0.05, 0) is 55.5 Å². The summed E-state index contributed by atoms with van der Waals surface area (Å²) in [6, 6.07) is 1.25. The Balaban J connectivity index is 1.27. The third-order valence-electron chi connectivity index (χ3n) is 6.71. The van der Waals surface area contributed by atoms with Gasteiger partial charge in [-0.2, -0.15) is 0 Å². The Morgan fingerprint density at radius 1 is 1.33 bits per heavy atom. The summed E-state index contributed by atoms with van der Waals surface area (Å²) in [6.45, 7) is 7.69. The van der Waals surface area contributed by atoms with Gasteiger partial charge in [-0.3, -0.25) is 0 Å². The van der Waals surface area contributed by atoms with Crippen LogP contribution in [-0.4, -0.2) is 47.9 Å². The van der Waals surface area contributed by atoms with E-state index < -0.39 is 0 Å². The SMILES string of the molecule is CC(C)c1csc2ncnc(N3CC4CC3CC4OCCC3CCCN3)c12. The minimum absolute atomic E-state index is 0.442. The van der Waals surface area contributed by atoms with Crippen LogP contribution in [0.4, 0.5) is 5.82 Å². The first kappa shape index (κ1) is 17.8. The highest BCUT2D eigenvalue weighted by molar-refractivity contribution is 7.17. The average molecular weight is 387 g/mol. The fourth-order valence-electron chi connectivity index (χ4n) is 5.26. The highest BCUT2D eigenvalue weighted by Crippen LogP contribution is 2.44. The third-order valence-corrected chi connectivity index (χ3v) is 7.61. The number of aromatic nitrogens is 2. The maximum atomic E-state index is 6.32. The monoisotopic (exact) mass is 386 g/mol. The van der Waals surface area contributed by atoms with Crippen LogP contribution in [0.15, 0.2) is 11.7 Å². The van der Waals surface area contributed by atoms with Gasteiger partial charge in [0.05, 0.1) is 11.5 Å². The first-order valence-electron chi connectivity index (χ1n) is 10.5. The summed E-state index contributed by atoms with van der Waals surface area (Å²) >= 11 is 1.75. The topological polar surface area (TPSA) is 50.3 Å². The normalized spacial score (nSPS) is 30.3. The van der Waals surface area contributed by atoms with E-state index in [1.165, 1.54) is 36.8 Å². The molecule has 1 N–H and O–H groups in total. The van der Waals surface area contributed by atoms with E-state index in [1.807, 2.05) is 0 Å². The summed E-state index contributed by atoms with van der Waals surface area (Å²) in [5.74, 6) is 2.31. The quantitative estimate of drug-likeness (QED) is 0.815. The molecule has 1 saturated carbocycles. The maximum Gasteiger partial charge on any atom is 0.141 e. The number of fused-ring (bicyclic) bond motifs is 3. The zero-order valence-corrected chi connectivity index (χ0v) is 17.2. The van der Waals surface area contributed by atoms with Gasteiger partial charge in [0, 0.05) is 31.2 Å². The van der Waals surface area contributed by atoms with Crippen molar-refractivity contribution < 1.29 is 4.74 Å². The van der Waals surface area contributed by atoms with Crippen LogP contribution < -0.4 is 10.2 Å². The summed E-state index contributed by atoms with van der Waals surface area (Å²) in [5, 5.41) is 7.13. The van der Waals surface area contributed by atoms with Gasteiger partial charge in [-0.25, -0.2) is 9.97 Å². The first-order valence-corrected chi connectivity index (χ1v) is 11.4. The fraction of sp³-hybridized carbons (Fsp3) is 0.714. The molecule has 0 spiro atoms. The van der Waals surface area contributed by atoms with Crippen molar-refractivity contribution in [2.45, 2.75) is 70.1 Å². The predicted octanol–water partition coefficient (Wildman–Crippen LogP) is 3.94. The molecule has 5 rings (SSSR count). The van der Waals surface area contributed by atoms with Gasteiger partial charge in [0.2, 0.25) is 0 Å². The number of thiophene rings is 1. The summed E-state index contributed by atoms with van der Waals surface area (Å²) in [4.78, 5) is 12.9. The van der Waals surface area contributed by atoms with Gasteiger partial charge in [-0.1, -0.05) is 13.8 Å². The van der Waals surface area contributed by atoms with Crippen molar-refractivity contribution in [3.63, 3.8) is 0 Å². The minimum atomic E-state index is 0.442. The number of anilines is 1. The van der Waals surface area contributed by atoms with Crippen LogP contribution in [0.2, 0.25) is 0 Å². The number of ether oxygens (including phenoxy) is 1. The minimum Gasteiger partial charge on any atom is -0.378 e. The van der Waals surface area contributed by atoms with Crippen molar-refractivity contribution in [3.8, 4) is 0 Å². The maximum absolute atomic E-state index is 6.32. The van der Waals surface area contributed by atoms with Crippen molar-refractivity contribution in [2.75, 3.05) is 24.6 Å². The molecule has 0 aromatic carbocycles. The van der Waals surface area contributed by atoms with E-state index in [4.69, 9.17) is 9.72 Å². The van der Waals surface area contributed by atoms with E-state index in [-0.39, 0.29) is 0 Å². The van der Waals surface area contributed by atoms with Crippen molar-refractivity contribution in [1.29, 1.82) is 0 Å². The molecule has 3 aliphatic rings. The molecule has 4 unspecified atom stereocenters. The summed E-state index contributed by atoms with van der Waals surface area (Å²) in [6.07, 6.45) is 8.38. The van der Waals surface area contributed by atoms with Crippen LogP contribution in [0, 0.1) is 5.92 Å². The van der Waals surface area contributed by atoms with E-state index >= 15 is 0 Å². The molecular formula is C21H30N4OS. The number of rotatable bonds is 6. The molecule has 5 nitrogen and oxygen atoms in total. The van der Waals surface area contributed by atoms with E-state index in [1.54, 1.807) is 17.7 Å². The highest BCUT2D eigenvalue weighted by atomic mass is 32.1. The van der Waals surface area contributed by atoms with Crippen LogP contribution in [0.1, 0.15) is 57.4 Å². The smallest absolute Gasteiger partial charge is 0.141 e. The lowest BCUT2D eigenvalue weighted by atomic mass is 10.0. The molecule has 4 atom stereocenters. The standard InChI is InChI=1S/C21H30N4OS/c1-13(2)17-11-27-21-19(17)20(23-12-24-21)25-10-14-8-16(25)9-18(14)26-7-5-15-4-3-6-22-15/h11-16,18,22H,3-10H2,1-2H3. The lowest BCUT2D eigenvalue weighted by Crippen LogP contribution is -2.39. The largest absolute Gasteiger partial charge is 0.378 e. The third kappa shape index (κ3) is 3.26. The zero-order valence-electron chi connectivity index (χ0n) is 16.4. The number of hydrogen-bond donors (Lipinski definition) is 1. The van der Waals surface area contributed by atoms with Crippen molar-refractivity contribution in [2.24, 2.45) is 5.92 Å². The lowest BCUT2D eigenvalue weighted by Gasteiger charge is -2.33. The Hall–Kier alpha value is -1.24. The second-order valence-electron chi connectivity index (χ2n) is 8.75. The fourth-order valence-corrected chi connectivity index (χ4v) is 6.32. The molecular weight excluding hydrogens is 356 g/mol. The second-order valence-corrected chi connectivity index (χ2v) is 9.61. The number of nitrogens with one attached hydrogen (secondary N) is 1. The van der Waals surface area contributed by atoms with Crippen molar-refractivity contribution in [1.82, 2.24) is 15.3 Å². The summed E-state index contributed by atoms with van der Waals surface area (Å²) in [5.41, 5.74) is 1.39. The van der Waals surface area contributed by atoms with Crippen LogP contribution in [-0.2, 0) is 4.74 Å². The number of hydrogen-bond acceptors (Lipinski definition) is 6. The summed E-state index contributed by atoms with van der Waals surface area (Å²) < 4.78 is 6.32.